The normalized spacial score (nSPS) is 16.8. The number of aryl methyl sites for hydroxylation is 1. The molecule has 0 spiro atoms. The summed E-state index contributed by atoms with van der Waals surface area (Å²) in [6.07, 6.45) is 7.83. The van der Waals surface area contributed by atoms with Gasteiger partial charge in [0.1, 0.15) is 0 Å². The van der Waals surface area contributed by atoms with E-state index in [1.54, 1.807) is 0 Å². The maximum atomic E-state index is 4.15. The van der Waals surface area contributed by atoms with Crippen molar-refractivity contribution in [3.05, 3.63) is 29.6 Å². The summed E-state index contributed by atoms with van der Waals surface area (Å²) < 4.78 is 0. The number of hydrogen-bond acceptors (Lipinski definition) is 1. The van der Waals surface area contributed by atoms with E-state index in [1.165, 1.54) is 24.0 Å². The van der Waals surface area contributed by atoms with Gasteiger partial charge in [-0.1, -0.05) is 6.92 Å². The summed E-state index contributed by atoms with van der Waals surface area (Å²) in [4.78, 5) is 4.15. The summed E-state index contributed by atoms with van der Waals surface area (Å²) in [5.74, 6) is 0.846. The van der Waals surface area contributed by atoms with Gasteiger partial charge in [0.2, 0.25) is 0 Å². The third kappa shape index (κ3) is 1.28. The molecule has 1 fully saturated rings. The Balaban J connectivity index is 2.34. The van der Waals surface area contributed by atoms with Gasteiger partial charge in [-0.25, -0.2) is 0 Å². The molecule has 1 nitrogen and oxygen atoms in total. The molecular formula is C10H13N. The van der Waals surface area contributed by atoms with Crippen molar-refractivity contribution in [2.75, 3.05) is 0 Å². The molecule has 0 radical (unpaired) electrons. The van der Waals surface area contributed by atoms with Crippen LogP contribution < -0.4 is 0 Å². The first-order valence-corrected chi connectivity index (χ1v) is 4.34. The molecule has 11 heavy (non-hydrogen) atoms. The van der Waals surface area contributed by atoms with Crippen LogP contribution in [0.15, 0.2) is 18.5 Å². The molecule has 1 aromatic heterocycles. The molecule has 1 heterocycles. The maximum absolute atomic E-state index is 4.15. The fourth-order valence-corrected chi connectivity index (χ4v) is 1.52. The van der Waals surface area contributed by atoms with Crippen LogP contribution in [0.3, 0.4) is 0 Å². The van der Waals surface area contributed by atoms with Crippen LogP contribution in [0.2, 0.25) is 0 Å². The van der Waals surface area contributed by atoms with Gasteiger partial charge in [0.15, 0.2) is 0 Å². The van der Waals surface area contributed by atoms with Crippen molar-refractivity contribution in [3.63, 3.8) is 0 Å². The summed E-state index contributed by atoms with van der Waals surface area (Å²) in [5, 5.41) is 0. The van der Waals surface area contributed by atoms with Gasteiger partial charge in [-0.15, -0.1) is 0 Å². The summed E-state index contributed by atoms with van der Waals surface area (Å²) in [7, 11) is 0. The van der Waals surface area contributed by atoms with Crippen LogP contribution in [0.25, 0.3) is 0 Å². The third-order valence-corrected chi connectivity index (χ3v) is 2.34. The predicted octanol–water partition coefficient (Wildman–Crippen LogP) is 2.52. The minimum atomic E-state index is 0.846. The fourth-order valence-electron chi connectivity index (χ4n) is 1.52. The minimum absolute atomic E-state index is 0.846. The van der Waals surface area contributed by atoms with Crippen molar-refractivity contribution >= 4 is 0 Å². The zero-order chi connectivity index (χ0) is 7.68. The van der Waals surface area contributed by atoms with Crippen molar-refractivity contribution in [2.24, 2.45) is 0 Å². The molecule has 1 saturated carbocycles. The smallest absolute Gasteiger partial charge is 0.0305 e. The molecule has 2 rings (SSSR count). The average Bonchev–Trinajstić information content (AvgIpc) is 2.87. The lowest BCUT2D eigenvalue weighted by Gasteiger charge is -2.03. The van der Waals surface area contributed by atoms with Crippen molar-refractivity contribution in [3.8, 4) is 0 Å². The number of rotatable bonds is 2. The van der Waals surface area contributed by atoms with Crippen LogP contribution in [0, 0.1) is 0 Å². The summed E-state index contributed by atoms with van der Waals surface area (Å²) in [6, 6.07) is 2.15. The van der Waals surface area contributed by atoms with Gasteiger partial charge >= 0.3 is 0 Å². The van der Waals surface area contributed by atoms with E-state index in [1.807, 2.05) is 12.4 Å². The van der Waals surface area contributed by atoms with E-state index in [0.29, 0.717) is 0 Å². The van der Waals surface area contributed by atoms with Crippen molar-refractivity contribution in [1.82, 2.24) is 4.98 Å². The van der Waals surface area contributed by atoms with Crippen molar-refractivity contribution in [2.45, 2.75) is 32.1 Å². The van der Waals surface area contributed by atoms with Gasteiger partial charge < -0.3 is 0 Å². The first kappa shape index (κ1) is 6.84. The van der Waals surface area contributed by atoms with Gasteiger partial charge in [0, 0.05) is 12.4 Å². The second-order valence-corrected chi connectivity index (χ2v) is 3.20. The quantitative estimate of drug-likeness (QED) is 0.626. The Kier molecular flexibility index (Phi) is 1.65. The van der Waals surface area contributed by atoms with Gasteiger partial charge in [-0.2, -0.15) is 0 Å². The molecule has 1 aliphatic rings. The predicted molar refractivity (Wildman–Crippen MR) is 45.6 cm³/mol. The molecule has 0 atom stereocenters. The zero-order valence-corrected chi connectivity index (χ0v) is 6.88. The van der Waals surface area contributed by atoms with Gasteiger partial charge in [-0.3, -0.25) is 4.98 Å². The van der Waals surface area contributed by atoms with Crippen LogP contribution in [-0.2, 0) is 6.42 Å². The molecular weight excluding hydrogens is 134 g/mol. The summed E-state index contributed by atoms with van der Waals surface area (Å²) in [5.41, 5.74) is 2.98. The first-order chi connectivity index (χ1) is 5.42. The highest BCUT2D eigenvalue weighted by Gasteiger charge is 2.25. The molecule has 1 aromatic rings. The number of aromatic nitrogens is 1. The highest BCUT2D eigenvalue weighted by Crippen LogP contribution is 2.41. The Hall–Kier alpha value is -0.850. The second kappa shape index (κ2) is 2.65. The molecule has 0 aromatic carbocycles. The topological polar surface area (TPSA) is 12.9 Å². The van der Waals surface area contributed by atoms with Crippen LogP contribution in [0.5, 0.6) is 0 Å². The Labute approximate surface area is 67.5 Å². The summed E-state index contributed by atoms with van der Waals surface area (Å²) >= 11 is 0. The molecule has 58 valence electrons. The number of hydrogen-bond donors (Lipinski definition) is 0. The minimum Gasteiger partial charge on any atom is -0.264 e. The highest BCUT2D eigenvalue weighted by atomic mass is 14.6. The molecule has 0 amide bonds. The van der Waals surface area contributed by atoms with Crippen LogP contribution in [0.4, 0.5) is 0 Å². The lowest BCUT2D eigenvalue weighted by molar-refractivity contribution is 1.00. The monoisotopic (exact) mass is 147 g/mol. The van der Waals surface area contributed by atoms with Crippen LogP contribution >= 0.6 is 0 Å². The number of pyridine rings is 1. The Morgan fingerprint density at radius 3 is 3.00 bits per heavy atom. The lowest BCUT2D eigenvalue weighted by Crippen LogP contribution is -1.90. The van der Waals surface area contributed by atoms with E-state index >= 15 is 0 Å². The Morgan fingerprint density at radius 1 is 1.55 bits per heavy atom. The maximum Gasteiger partial charge on any atom is 0.0305 e. The van der Waals surface area contributed by atoms with Crippen molar-refractivity contribution < 1.29 is 0 Å². The van der Waals surface area contributed by atoms with Gasteiger partial charge in [0.05, 0.1) is 0 Å². The molecule has 1 heteroatoms. The van der Waals surface area contributed by atoms with Crippen LogP contribution in [-0.4, -0.2) is 4.98 Å². The molecule has 1 aliphatic carbocycles. The standard InChI is InChI=1S/C10H13N/c1-2-8-5-6-11-7-10(8)9-3-4-9/h5-7,9H,2-4H2,1H3. The van der Waals surface area contributed by atoms with Crippen molar-refractivity contribution in [1.29, 1.82) is 0 Å². The molecule has 0 unspecified atom stereocenters. The fraction of sp³-hybridized carbons (Fsp3) is 0.500. The van der Waals surface area contributed by atoms with E-state index in [9.17, 15) is 0 Å². The van der Waals surface area contributed by atoms with E-state index in [2.05, 4.69) is 18.0 Å². The summed E-state index contributed by atoms with van der Waals surface area (Å²) in [6.45, 7) is 2.21. The van der Waals surface area contributed by atoms with E-state index < -0.39 is 0 Å². The van der Waals surface area contributed by atoms with Gasteiger partial charge in [-0.05, 0) is 42.4 Å². The molecule has 0 aliphatic heterocycles. The van der Waals surface area contributed by atoms with E-state index in [-0.39, 0.29) is 0 Å². The molecule has 0 bridgehead atoms. The molecule has 0 saturated heterocycles. The lowest BCUT2D eigenvalue weighted by atomic mass is 10.0. The second-order valence-electron chi connectivity index (χ2n) is 3.20. The van der Waals surface area contributed by atoms with Gasteiger partial charge in [0.25, 0.3) is 0 Å². The SMILES string of the molecule is CCc1ccncc1C1CC1. The Morgan fingerprint density at radius 2 is 2.36 bits per heavy atom. The Bertz CT molecular complexity index is 251. The van der Waals surface area contributed by atoms with E-state index in [4.69, 9.17) is 0 Å². The first-order valence-electron chi connectivity index (χ1n) is 4.34. The van der Waals surface area contributed by atoms with E-state index in [0.717, 1.165) is 12.3 Å². The van der Waals surface area contributed by atoms with Crippen LogP contribution in [0.1, 0.15) is 36.8 Å². The highest BCUT2D eigenvalue weighted by molar-refractivity contribution is 5.29. The largest absolute Gasteiger partial charge is 0.264 e. The molecule has 0 N–H and O–H groups in total. The average molecular weight is 147 g/mol. The number of nitrogens with zero attached hydrogens (tertiary/aromatic N) is 1. The zero-order valence-electron chi connectivity index (χ0n) is 6.88. The third-order valence-electron chi connectivity index (χ3n) is 2.34.